The van der Waals surface area contributed by atoms with Crippen LogP contribution in [-0.4, -0.2) is 18.4 Å². The summed E-state index contributed by atoms with van der Waals surface area (Å²) in [6.45, 7) is 0.174. The van der Waals surface area contributed by atoms with Crippen LogP contribution >= 0.6 is 11.3 Å². The number of pyridine rings is 1. The van der Waals surface area contributed by atoms with Crippen LogP contribution in [0.25, 0.3) is 0 Å². The Morgan fingerprint density at radius 3 is 2.94 bits per heavy atom. The van der Waals surface area contributed by atoms with Crippen LogP contribution in [0.2, 0.25) is 0 Å². The second-order valence-electron chi connectivity index (χ2n) is 3.29. The maximum atomic E-state index is 12.0. The molecule has 2 rings (SSSR count). The minimum Gasteiger partial charge on any atom is -0.321 e. The summed E-state index contributed by atoms with van der Waals surface area (Å²) in [6.07, 6.45) is 3.00. The lowest BCUT2D eigenvalue weighted by molar-refractivity contribution is 0.578. The van der Waals surface area contributed by atoms with Gasteiger partial charge in [-0.1, -0.05) is 0 Å². The summed E-state index contributed by atoms with van der Waals surface area (Å²) in [5.41, 5.74) is 4.18. The standard InChI is InChI=1S/C9H11N5O2S2/c10-14-8-2-1-3-12-9(8)18(15,16)13-5-7-4-11-6-17-7/h1-4,6,13-14H,5,10H2. The molecule has 0 unspecified atom stereocenters. The van der Waals surface area contributed by atoms with E-state index in [0.717, 1.165) is 4.88 Å². The fourth-order valence-corrected chi connectivity index (χ4v) is 3.00. The van der Waals surface area contributed by atoms with Gasteiger partial charge < -0.3 is 5.43 Å². The number of aromatic nitrogens is 2. The van der Waals surface area contributed by atoms with E-state index in [0.29, 0.717) is 0 Å². The predicted octanol–water partition coefficient (Wildman–Crippen LogP) is 0.302. The summed E-state index contributed by atoms with van der Waals surface area (Å²) < 4.78 is 26.5. The molecule has 2 aromatic heterocycles. The minimum absolute atomic E-state index is 0.128. The maximum absolute atomic E-state index is 12.0. The van der Waals surface area contributed by atoms with Crippen LogP contribution in [0.1, 0.15) is 4.88 Å². The van der Waals surface area contributed by atoms with E-state index in [-0.39, 0.29) is 17.3 Å². The molecule has 0 aromatic carbocycles. The number of hydrogen-bond acceptors (Lipinski definition) is 7. The first-order valence-corrected chi connectivity index (χ1v) is 7.28. The molecule has 2 heterocycles. The summed E-state index contributed by atoms with van der Waals surface area (Å²) in [7, 11) is -3.70. The molecule has 0 aliphatic heterocycles. The number of anilines is 1. The Balaban J connectivity index is 2.20. The molecule has 18 heavy (non-hydrogen) atoms. The molecular formula is C9H11N5O2S2. The average molecular weight is 285 g/mol. The Morgan fingerprint density at radius 1 is 1.44 bits per heavy atom. The number of hydrazine groups is 1. The highest BCUT2D eigenvalue weighted by Gasteiger charge is 2.19. The SMILES string of the molecule is NNc1cccnc1S(=O)(=O)NCc1cncs1. The summed E-state index contributed by atoms with van der Waals surface area (Å²) >= 11 is 1.37. The third-order valence-electron chi connectivity index (χ3n) is 2.10. The van der Waals surface area contributed by atoms with Crippen LogP contribution in [0.3, 0.4) is 0 Å². The number of hydrogen-bond donors (Lipinski definition) is 3. The Labute approximate surface area is 108 Å². The van der Waals surface area contributed by atoms with Gasteiger partial charge in [-0.05, 0) is 12.1 Å². The second kappa shape index (κ2) is 5.40. The normalized spacial score (nSPS) is 11.4. The topological polar surface area (TPSA) is 110 Å². The van der Waals surface area contributed by atoms with Crippen molar-refractivity contribution in [2.24, 2.45) is 5.84 Å². The quantitative estimate of drug-likeness (QED) is 0.538. The molecule has 0 fully saturated rings. The lowest BCUT2D eigenvalue weighted by Gasteiger charge is -2.08. The zero-order valence-corrected chi connectivity index (χ0v) is 10.8. The smallest absolute Gasteiger partial charge is 0.260 e. The first-order valence-electron chi connectivity index (χ1n) is 4.92. The van der Waals surface area contributed by atoms with Gasteiger partial charge in [0.1, 0.15) is 0 Å². The van der Waals surface area contributed by atoms with E-state index in [1.165, 1.54) is 23.6 Å². The van der Waals surface area contributed by atoms with Crippen LogP contribution in [0.15, 0.2) is 35.1 Å². The highest BCUT2D eigenvalue weighted by atomic mass is 32.2. The van der Waals surface area contributed by atoms with E-state index < -0.39 is 10.0 Å². The van der Waals surface area contributed by atoms with Crippen molar-refractivity contribution < 1.29 is 8.42 Å². The minimum atomic E-state index is -3.70. The highest BCUT2D eigenvalue weighted by Crippen LogP contribution is 2.17. The Morgan fingerprint density at radius 2 is 2.28 bits per heavy atom. The van der Waals surface area contributed by atoms with Crippen molar-refractivity contribution in [1.82, 2.24) is 14.7 Å². The van der Waals surface area contributed by atoms with Crippen molar-refractivity contribution in [1.29, 1.82) is 0 Å². The van der Waals surface area contributed by atoms with E-state index in [4.69, 9.17) is 5.84 Å². The monoisotopic (exact) mass is 285 g/mol. The van der Waals surface area contributed by atoms with Crippen molar-refractivity contribution in [3.63, 3.8) is 0 Å². The molecule has 4 N–H and O–H groups in total. The lowest BCUT2D eigenvalue weighted by atomic mass is 10.4. The van der Waals surface area contributed by atoms with Gasteiger partial charge in [0.15, 0.2) is 5.03 Å². The number of nitrogens with zero attached hydrogens (tertiary/aromatic N) is 2. The number of nitrogen functional groups attached to an aromatic ring is 1. The number of rotatable bonds is 5. The Hall–Kier alpha value is -1.55. The van der Waals surface area contributed by atoms with Gasteiger partial charge in [-0.3, -0.25) is 10.8 Å². The van der Waals surface area contributed by atoms with Crippen LogP contribution in [0, 0.1) is 0 Å². The van der Waals surface area contributed by atoms with Crippen LogP contribution < -0.4 is 16.0 Å². The Kier molecular flexibility index (Phi) is 3.87. The summed E-state index contributed by atoms with van der Waals surface area (Å²) in [5, 5.41) is -0.128. The van der Waals surface area contributed by atoms with Gasteiger partial charge in [-0.15, -0.1) is 11.3 Å². The largest absolute Gasteiger partial charge is 0.321 e. The van der Waals surface area contributed by atoms with E-state index in [2.05, 4.69) is 20.1 Å². The lowest BCUT2D eigenvalue weighted by Crippen LogP contribution is -2.25. The molecule has 0 radical (unpaired) electrons. The molecule has 0 atom stereocenters. The summed E-state index contributed by atoms with van der Waals surface area (Å²) in [5.74, 6) is 5.25. The second-order valence-corrected chi connectivity index (χ2v) is 5.95. The molecule has 0 saturated carbocycles. The molecule has 7 nitrogen and oxygen atoms in total. The predicted molar refractivity (Wildman–Crippen MR) is 68.2 cm³/mol. The first-order chi connectivity index (χ1) is 8.63. The van der Waals surface area contributed by atoms with Crippen LogP contribution in [0.5, 0.6) is 0 Å². The molecule has 96 valence electrons. The number of thiazole rings is 1. The third-order valence-corrected chi connectivity index (χ3v) is 4.24. The highest BCUT2D eigenvalue weighted by molar-refractivity contribution is 7.89. The van der Waals surface area contributed by atoms with Crippen molar-refractivity contribution >= 4 is 27.0 Å². The van der Waals surface area contributed by atoms with Crippen molar-refractivity contribution in [3.8, 4) is 0 Å². The number of nitrogens with two attached hydrogens (primary N) is 1. The van der Waals surface area contributed by atoms with Crippen molar-refractivity contribution in [2.75, 3.05) is 5.43 Å². The van der Waals surface area contributed by atoms with E-state index in [1.54, 1.807) is 17.8 Å². The average Bonchev–Trinajstić information content (AvgIpc) is 2.89. The van der Waals surface area contributed by atoms with Gasteiger partial charge in [0.25, 0.3) is 10.0 Å². The summed E-state index contributed by atoms with van der Waals surface area (Å²) in [4.78, 5) is 8.50. The van der Waals surface area contributed by atoms with Crippen LogP contribution in [0.4, 0.5) is 5.69 Å². The van der Waals surface area contributed by atoms with E-state index in [1.807, 2.05) is 0 Å². The zero-order valence-electron chi connectivity index (χ0n) is 9.20. The fourth-order valence-electron chi connectivity index (χ4n) is 1.28. The van der Waals surface area contributed by atoms with Gasteiger partial charge in [-0.25, -0.2) is 18.1 Å². The summed E-state index contributed by atoms with van der Waals surface area (Å²) in [6, 6.07) is 3.13. The molecule has 0 amide bonds. The first kappa shape index (κ1) is 12.9. The fraction of sp³-hybridized carbons (Fsp3) is 0.111. The van der Waals surface area contributed by atoms with Crippen molar-refractivity contribution in [2.45, 2.75) is 11.6 Å². The maximum Gasteiger partial charge on any atom is 0.260 e. The number of nitrogens with one attached hydrogen (secondary N) is 2. The van der Waals surface area contributed by atoms with Crippen LogP contribution in [-0.2, 0) is 16.6 Å². The molecule has 0 spiro atoms. The molecule has 9 heteroatoms. The van der Waals surface area contributed by atoms with Gasteiger partial charge in [-0.2, -0.15) is 0 Å². The molecule has 2 aromatic rings. The van der Waals surface area contributed by atoms with Gasteiger partial charge in [0.05, 0.1) is 11.2 Å². The molecule has 0 aliphatic rings. The molecule has 0 bridgehead atoms. The molecule has 0 saturated heterocycles. The van der Waals surface area contributed by atoms with Gasteiger partial charge in [0, 0.05) is 23.8 Å². The van der Waals surface area contributed by atoms with Crippen molar-refractivity contribution in [3.05, 3.63) is 34.9 Å². The third kappa shape index (κ3) is 2.82. The van der Waals surface area contributed by atoms with Gasteiger partial charge >= 0.3 is 0 Å². The van der Waals surface area contributed by atoms with Gasteiger partial charge in [0.2, 0.25) is 0 Å². The Bertz CT molecular complexity index is 612. The number of sulfonamides is 1. The zero-order chi connectivity index (χ0) is 13.0. The van der Waals surface area contributed by atoms with E-state index >= 15 is 0 Å². The molecule has 0 aliphatic carbocycles. The molecular weight excluding hydrogens is 274 g/mol. The van der Waals surface area contributed by atoms with E-state index in [9.17, 15) is 8.42 Å².